The van der Waals surface area contributed by atoms with E-state index in [-0.39, 0.29) is 11.6 Å². The first-order chi connectivity index (χ1) is 14.2. The molecule has 1 aromatic carbocycles. The number of carbonyl (C=O) groups excluding carboxylic acids is 1. The van der Waals surface area contributed by atoms with Gasteiger partial charge in [-0.15, -0.1) is 0 Å². The largest absolute Gasteiger partial charge is 0.434 e. The highest BCUT2D eigenvalue weighted by molar-refractivity contribution is 9.10. The van der Waals surface area contributed by atoms with E-state index in [2.05, 4.69) is 26.2 Å². The van der Waals surface area contributed by atoms with Gasteiger partial charge in [-0.05, 0) is 52.2 Å². The molecule has 158 valence electrons. The summed E-state index contributed by atoms with van der Waals surface area (Å²) in [6.45, 7) is 0.988. The molecule has 0 unspecified atom stereocenters. The van der Waals surface area contributed by atoms with Gasteiger partial charge in [0.2, 0.25) is 0 Å². The van der Waals surface area contributed by atoms with Crippen molar-refractivity contribution in [3.63, 3.8) is 0 Å². The molecule has 0 saturated heterocycles. The lowest BCUT2D eigenvalue weighted by Crippen LogP contribution is -2.25. The molecule has 1 N–H and O–H groups in total. The van der Waals surface area contributed by atoms with Crippen molar-refractivity contribution >= 4 is 27.5 Å². The summed E-state index contributed by atoms with van der Waals surface area (Å²) >= 11 is 2.71. The SMILES string of the molecule is COCCCNC(=O)c1ccc(-c2cccn3c(=O)c(Br)c(C(F)(F)F)nc23)cc1. The zero-order valence-corrected chi connectivity index (χ0v) is 17.4. The molecule has 0 atom stereocenters. The highest BCUT2D eigenvalue weighted by atomic mass is 79.9. The van der Waals surface area contributed by atoms with Crippen molar-refractivity contribution in [2.24, 2.45) is 0 Å². The van der Waals surface area contributed by atoms with Crippen molar-refractivity contribution in [2.45, 2.75) is 12.6 Å². The second-order valence-corrected chi connectivity index (χ2v) is 7.17. The molecule has 0 aliphatic carbocycles. The van der Waals surface area contributed by atoms with Crippen LogP contribution < -0.4 is 10.9 Å². The fourth-order valence-corrected chi connectivity index (χ4v) is 3.38. The van der Waals surface area contributed by atoms with Crippen LogP contribution in [-0.2, 0) is 10.9 Å². The molecule has 2 aromatic heterocycles. The number of hydrogen-bond donors (Lipinski definition) is 1. The Morgan fingerprint density at radius 2 is 1.93 bits per heavy atom. The zero-order chi connectivity index (χ0) is 21.9. The van der Waals surface area contributed by atoms with E-state index < -0.39 is 21.9 Å². The minimum Gasteiger partial charge on any atom is -0.385 e. The Bertz CT molecular complexity index is 1130. The lowest BCUT2D eigenvalue weighted by molar-refractivity contribution is -0.141. The third kappa shape index (κ3) is 4.54. The van der Waals surface area contributed by atoms with Crippen LogP contribution in [0.2, 0.25) is 0 Å². The topological polar surface area (TPSA) is 72.7 Å². The number of rotatable bonds is 6. The number of alkyl halides is 3. The first kappa shape index (κ1) is 22.0. The van der Waals surface area contributed by atoms with Gasteiger partial charge in [-0.1, -0.05) is 12.1 Å². The molecule has 0 saturated carbocycles. The number of nitrogens with one attached hydrogen (secondary N) is 1. The van der Waals surface area contributed by atoms with Crippen LogP contribution in [0.3, 0.4) is 0 Å². The van der Waals surface area contributed by atoms with Crippen LogP contribution >= 0.6 is 15.9 Å². The Morgan fingerprint density at radius 3 is 2.57 bits per heavy atom. The summed E-state index contributed by atoms with van der Waals surface area (Å²) in [6, 6.07) is 9.43. The minimum absolute atomic E-state index is 0.130. The number of hydrogen-bond acceptors (Lipinski definition) is 4. The summed E-state index contributed by atoms with van der Waals surface area (Å²) < 4.78 is 45.2. The average molecular weight is 484 g/mol. The number of benzene rings is 1. The van der Waals surface area contributed by atoms with Crippen molar-refractivity contribution in [3.8, 4) is 11.1 Å². The summed E-state index contributed by atoms with van der Waals surface area (Å²) in [5.74, 6) is -0.270. The van der Waals surface area contributed by atoms with Crippen LogP contribution in [0.4, 0.5) is 13.2 Å². The lowest BCUT2D eigenvalue weighted by atomic mass is 10.0. The molecule has 0 aliphatic heterocycles. The number of halogens is 4. The number of fused-ring (bicyclic) bond motifs is 1. The number of amides is 1. The summed E-state index contributed by atoms with van der Waals surface area (Å²) in [5, 5.41) is 2.75. The van der Waals surface area contributed by atoms with Crippen LogP contribution in [0, 0.1) is 0 Å². The van der Waals surface area contributed by atoms with Gasteiger partial charge < -0.3 is 10.1 Å². The number of methoxy groups -OCH3 is 1. The first-order valence-corrected chi connectivity index (χ1v) is 9.69. The average Bonchev–Trinajstić information content (AvgIpc) is 2.72. The van der Waals surface area contributed by atoms with Crippen molar-refractivity contribution < 1.29 is 22.7 Å². The first-order valence-electron chi connectivity index (χ1n) is 8.89. The van der Waals surface area contributed by atoms with Gasteiger partial charge in [0.05, 0.1) is 0 Å². The van der Waals surface area contributed by atoms with E-state index in [0.717, 1.165) is 4.40 Å². The van der Waals surface area contributed by atoms with E-state index in [1.165, 1.54) is 6.20 Å². The van der Waals surface area contributed by atoms with Gasteiger partial charge in [-0.3, -0.25) is 14.0 Å². The molecule has 2 heterocycles. The van der Waals surface area contributed by atoms with Crippen LogP contribution in [0.5, 0.6) is 0 Å². The Kier molecular flexibility index (Phi) is 6.57. The second-order valence-electron chi connectivity index (χ2n) is 6.37. The maximum atomic E-state index is 13.3. The lowest BCUT2D eigenvalue weighted by Gasteiger charge is -2.13. The molecule has 0 radical (unpaired) electrons. The molecule has 1 amide bonds. The Balaban J connectivity index is 1.98. The summed E-state index contributed by atoms with van der Waals surface area (Å²) in [6.07, 6.45) is -2.76. The predicted octanol–water partition coefficient (Wildman–Crippen LogP) is 3.91. The molecule has 10 heteroatoms. The van der Waals surface area contributed by atoms with Gasteiger partial charge in [-0.25, -0.2) is 4.98 Å². The molecular formula is C20H17BrF3N3O3. The standard InChI is InChI=1S/C20H17BrF3N3O3/c1-30-11-3-9-25-18(28)13-7-5-12(6-8-13)14-4-2-10-27-17(14)26-16(20(22,23)24)15(21)19(27)29/h2,4-8,10H,3,9,11H2,1H3,(H,25,28). The van der Waals surface area contributed by atoms with Crippen molar-refractivity contribution in [3.05, 3.63) is 68.7 Å². The Labute approximate surface area is 177 Å². The number of carbonyl (C=O) groups is 1. The predicted molar refractivity (Wildman–Crippen MR) is 108 cm³/mol. The fourth-order valence-electron chi connectivity index (χ4n) is 2.88. The number of pyridine rings is 1. The third-order valence-corrected chi connectivity index (χ3v) is 5.05. The van der Waals surface area contributed by atoms with Crippen molar-refractivity contribution in [1.29, 1.82) is 0 Å². The molecule has 3 aromatic rings. The van der Waals surface area contributed by atoms with E-state index in [4.69, 9.17) is 4.74 Å². The van der Waals surface area contributed by atoms with E-state index in [1.54, 1.807) is 43.5 Å². The van der Waals surface area contributed by atoms with Crippen LogP contribution in [0.25, 0.3) is 16.8 Å². The molecular weight excluding hydrogens is 467 g/mol. The van der Waals surface area contributed by atoms with E-state index in [1.807, 2.05) is 0 Å². The highest BCUT2D eigenvalue weighted by Gasteiger charge is 2.37. The van der Waals surface area contributed by atoms with Gasteiger partial charge in [0.1, 0.15) is 10.1 Å². The Morgan fingerprint density at radius 1 is 1.23 bits per heavy atom. The number of aromatic nitrogens is 2. The third-order valence-electron chi connectivity index (χ3n) is 4.34. The van der Waals surface area contributed by atoms with Crippen molar-refractivity contribution in [2.75, 3.05) is 20.3 Å². The molecule has 6 nitrogen and oxygen atoms in total. The fraction of sp³-hybridized carbons (Fsp3) is 0.250. The highest BCUT2D eigenvalue weighted by Crippen LogP contribution is 2.33. The monoisotopic (exact) mass is 483 g/mol. The molecule has 3 rings (SSSR count). The van der Waals surface area contributed by atoms with Crippen LogP contribution in [0.15, 0.2) is 51.9 Å². The maximum Gasteiger partial charge on any atom is 0.434 e. The second kappa shape index (κ2) is 8.97. The summed E-state index contributed by atoms with van der Waals surface area (Å²) in [4.78, 5) is 28.2. The van der Waals surface area contributed by atoms with Gasteiger partial charge in [0.15, 0.2) is 5.69 Å². The smallest absolute Gasteiger partial charge is 0.385 e. The normalized spacial score (nSPS) is 11.6. The number of nitrogens with zero attached hydrogens (tertiary/aromatic N) is 2. The summed E-state index contributed by atoms with van der Waals surface area (Å²) in [5.41, 5.74) is -1.02. The molecule has 30 heavy (non-hydrogen) atoms. The van der Waals surface area contributed by atoms with Crippen LogP contribution in [0.1, 0.15) is 22.5 Å². The van der Waals surface area contributed by atoms with Gasteiger partial charge >= 0.3 is 6.18 Å². The maximum absolute atomic E-state index is 13.3. The van der Waals surface area contributed by atoms with Gasteiger partial charge in [0.25, 0.3) is 11.5 Å². The quantitative estimate of drug-likeness (QED) is 0.539. The van der Waals surface area contributed by atoms with Gasteiger partial charge in [0, 0.05) is 37.6 Å². The van der Waals surface area contributed by atoms with E-state index >= 15 is 0 Å². The molecule has 0 spiro atoms. The minimum atomic E-state index is -4.79. The van der Waals surface area contributed by atoms with Crippen molar-refractivity contribution in [1.82, 2.24) is 14.7 Å². The van der Waals surface area contributed by atoms with Crippen LogP contribution in [-0.4, -0.2) is 35.6 Å². The van der Waals surface area contributed by atoms with Gasteiger partial charge in [-0.2, -0.15) is 13.2 Å². The molecule has 0 bridgehead atoms. The zero-order valence-electron chi connectivity index (χ0n) is 15.8. The molecule has 0 aliphatic rings. The molecule has 0 fully saturated rings. The summed E-state index contributed by atoms with van der Waals surface area (Å²) in [7, 11) is 1.58. The Hall–Kier alpha value is -2.72. The van der Waals surface area contributed by atoms with E-state index in [0.29, 0.717) is 36.3 Å². The number of ether oxygens (including phenoxy) is 1. The van der Waals surface area contributed by atoms with E-state index in [9.17, 15) is 22.8 Å².